The minimum Gasteiger partial charge on any atom is -0.332 e. The van der Waals surface area contributed by atoms with Gasteiger partial charge in [-0.3, -0.25) is 20.2 Å². The molecule has 0 saturated carbocycles. The van der Waals surface area contributed by atoms with Gasteiger partial charge in [0.1, 0.15) is 5.56 Å². The second-order valence-electron chi connectivity index (χ2n) is 4.31. The maximum absolute atomic E-state index is 12.1. The number of carbonyl (C=O) groups excluding carboxylic acids is 1. The summed E-state index contributed by atoms with van der Waals surface area (Å²) in [7, 11) is 0. The maximum Gasteiger partial charge on any atom is 0.282 e. The van der Waals surface area contributed by atoms with Crippen LogP contribution in [0.15, 0.2) is 42.5 Å². The molecule has 0 spiro atoms. The van der Waals surface area contributed by atoms with Crippen LogP contribution >= 0.6 is 35.4 Å². The lowest BCUT2D eigenvalue weighted by Crippen LogP contribution is -2.34. The molecule has 2 aromatic rings. The highest BCUT2D eigenvalue weighted by molar-refractivity contribution is 7.80. The molecule has 6 nitrogen and oxygen atoms in total. The number of halogens is 2. The second-order valence-corrected chi connectivity index (χ2v) is 5.53. The third kappa shape index (κ3) is 4.38. The van der Waals surface area contributed by atoms with E-state index < -0.39 is 10.8 Å². The Balaban J connectivity index is 2.10. The summed E-state index contributed by atoms with van der Waals surface area (Å²) >= 11 is 16.7. The van der Waals surface area contributed by atoms with Crippen molar-refractivity contribution in [3.63, 3.8) is 0 Å². The van der Waals surface area contributed by atoms with E-state index in [1.165, 1.54) is 30.3 Å². The average molecular weight is 370 g/mol. The van der Waals surface area contributed by atoms with Gasteiger partial charge in [0.25, 0.3) is 11.6 Å². The molecule has 0 aliphatic rings. The lowest BCUT2D eigenvalue weighted by atomic mass is 10.1. The van der Waals surface area contributed by atoms with Gasteiger partial charge in [0.05, 0.1) is 15.0 Å². The molecule has 0 atom stereocenters. The number of nitro benzene ring substituents is 1. The molecule has 2 N–H and O–H groups in total. The molecule has 0 aliphatic heterocycles. The number of nitro groups is 1. The van der Waals surface area contributed by atoms with Gasteiger partial charge in [-0.25, -0.2) is 0 Å². The van der Waals surface area contributed by atoms with Crippen LogP contribution in [0.25, 0.3) is 0 Å². The molecule has 2 aromatic carbocycles. The fraction of sp³-hybridized carbons (Fsp3) is 0. The minimum atomic E-state index is -0.685. The first-order valence-electron chi connectivity index (χ1n) is 6.19. The van der Waals surface area contributed by atoms with E-state index in [1.807, 2.05) is 0 Å². The van der Waals surface area contributed by atoms with Gasteiger partial charge in [-0.15, -0.1) is 0 Å². The van der Waals surface area contributed by atoms with Crippen LogP contribution in [-0.4, -0.2) is 15.9 Å². The number of thiocarbonyl (C=S) groups is 1. The number of hydrogen-bond donors (Lipinski definition) is 2. The number of amides is 1. The zero-order valence-electron chi connectivity index (χ0n) is 11.4. The minimum absolute atomic E-state index is 0.0217. The van der Waals surface area contributed by atoms with Gasteiger partial charge in [0.15, 0.2) is 5.11 Å². The first-order chi connectivity index (χ1) is 10.9. The highest BCUT2D eigenvalue weighted by Crippen LogP contribution is 2.25. The van der Waals surface area contributed by atoms with Crippen LogP contribution in [0.2, 0.25) is 10.0 Å². The Labute approximate surface area is 146 Å². The van der Waals surface area contributed by atoms with E-state index in [9.17, 15) is 14.9 Å². The quantitative estimate of drug-likeness (QED) is 0.484. The molecule has 0 saturated heterocycles. The van der Waals surface area contributed by atoms with E-state index >= 15 is 0 Å². The van der Waals surface area contributed by atoms with Crippen molar-refractivity contribution in [3.8, 4) is 0 Å². The number of benzene rings is 2. The van der Waals surface area contributed by atoms with E-state index in [0.29, 0.717) is 15.7 Å². The van der Waals surface area contributed by atoms with E-state index in [2.05, 4.69) is 10.6 Å². The average Bonchev–Trinajstić information content (AvgIpc) is 2.50. The topological polar surface area (TPSA) is 84.3 Å². The van der Waals surface area contributed by atoms with Gasteiger partial charge < -0.3 is 5.32 Å². The van der Waals surface area contributed by atoms with E-state index in [4.69, 9.17) is 35.4 Å². The molecule has 0 radical (unpaired) electrons. The summed E-state index contributed by atoms with van der Waals surface area (Å²) in [5.74, 6) is -0.685. The number of nitrogens with one attached hydrogen (secondary N) is 2. The highest BCUT2D eigenvalue weighted by Gasteiger charge is 2.19. The Hall–Kier alpha value is -2.22. The van der Waals surface area contributed by atoms with E-state index in [0.717, 1.165) is 0 Å². The maximum atomic E-state index is 12.1. The molecule has 0 aliphatic carbocycles. The number of para-hydroxylation sites is 1. The fourth-order valence-electron chi connectivity index (χ4n) is 1.73. The van der Waals surface area contributed by atoms with Crippen molar-refractivity contribution in [1.82, 2.24) is 5.32 Å². The first kappa shape index (κ1) is 17.1. The highest BCUT2D eigenvalue weighted by atomic mass is 35.5. The van der Waals surface area contributed by atoms with Crippen LogP contribution in [-0.2, 0) is 0 Å². The molecule has 1 amide bonds. The first-order valence-corrected chi connectivity index (χ1v) is 7.35. The van der Waals surface area contributed by atoms with Gasteiger partial charge in [0, 0.05) is 11.8 Å². The molecular formula is C14H9Cl2N3O3S. The Bertz CT molecular complexity index is 799. The van der Waals surface area contributed by atoms with Crippen LogP contribution in [0.1, 0.15) is 10.4 Å². The summed E-state index contributed by atoms with van der Waals surface area (Å²) < 4.78 is 0. The van der Waals surface area contributed by atoms with Gasteiger partial charge in [-0.05, 0) is 36.5 Å². The summed E-state index contributed by atoms with van der Waals surface area (Å²) in [4.78, 5) is 22.4. The Kier molecular flexibility index (Phi) is 5.49. The van der Waals surface area contributed by atoms with Crippen LogP contribution in [0.5, 0.6) is 0 Å². The number of nitrogens with zero attached hydrogens (tertiary/aromatic N) is 1. The molecule has 118 valence electrons. The van der Waals surface area contributed by atoms with Crippen molar-refractivity contribution >= 4 is 57.8 Å². The smallest absolute Gasteiger partial charge is 0.282 e. The number of rotatable bonds is 3. The standard InChI is InChI=1S/C14H9Cl2N3O3S/c15-10-6-5-8(7-11(10)16)17-14(23)18-13(20)9-3-1-2-4-12(9)19(21)22/h1-7H,(H2,17,18,20,23). The monoisotopic (exact) mass is 369 g/mol. The SMILES string of the molecule is O=C(NC(=S)Nc1ccc(Cl)c(Cl)c1)c1ccccc1[N+](=O)[O-]. The van der Waals surface area contributed by atoms with Gasteiger partial charge >= 0.3 is 0 Å². The summed E-state index contributed by atoms with van der Waals surface area (Å²) in [6, 6.07) is 10.3. The molecule has 0 aromatic heterocycles. The van der Waals surface area contributed by atoms with Crippen LogP contribution in [0.3, 0.4) is 0 Å². The van der Waals surface area contributed by atoms with Crippen LogP contribution < -0.4 is 10.6 Å². The molecule has 0 bridgehead atoms. The van der Waals surface area contributed by atoms with Gasteiger partial charge in [-0.2, -0.15) is 0 Å². The summed E-state index contributed by atoms with van der Waals surface area (Å²) in [6.45, 7) is 0. The van der Waals surface area contributed by atoms with Crippen molar-refractivity contribution in [1.29, 1.82) is 0 Å². The normalized spacial score (nSPS) is 10.0. The molecule has 9 heteroatoms. The van der Waals surface area contributed by atoms with Crippen molar-refractivity contribution in [2.24, 2.45) is 0 Å². The predicted octanol–water partition coefficient (Wildman–Crippen LogP) is 4.03. The Morgan fingerprint density at radius 3 is 2.48 bits per heavy atom. The summed E-state index contributed by atoms with van der Waals surface area (Å²) in [5.41, 5.74) is 0.130. The third-order valence-corrected chi connectivity index (χ3v) is 3.69. The molecule has 0 fully saturated rings. The molecule has 2 rings (SSSR count). The zero-order valence-corrected chi connectivity index (χ0v) is 13.7. The Morgan fingerprint density at radius 2 is 1.83 bits per heavy atom. The summed E-state index contributed by atoms with van der Waals surface area (Å²) in [6.07, 6.45) is 0. The van der Waals surface area contributed by atoms with Crippen LogP contribution in [0, 0.1) is 10.1 Å². The number of carbonyl (C=O) groups is 1. The van der Waals surface area contributed by atoms with E-state index in [1.54, 1.807) is 12.1 Å². The van der Waals surface area contributed by atoms with Crippen LogP contribution in [0.4, 0.5) is 11.4 Å². The largest absolute Gasteiger partial charge is 0.332 e. The van der Waals surface area contributed by atoms with Crippen molar-refractivity contribution in [2.75, 3.05) is 5.32 Å². The number of anilines is 1. The molecule has 0 heterocycles. The molecule has 23 heavy (non-hydrogen) atoms. The second kappa shape index (κ2) is 7.36. The molecule has 0 unspecified atom stereocenters. The van der Waals surface area contributed by atoms with Crippen molar-refractivity contribution < 1.29 is 9.72 Å². The predicted molar refractivity (Wildman–Crippen MR) is 93.2 cm³/mol. The summed E-state index contributed by atoms with van der Waals surface area (Å²) in [5, 5.41) is 16.7. The third-order valence-electron chi connectivity index (χ3n) is 2.75. The number of hydrogen-bond acceptors (Lipinski definition) is 4. The van der Waals surface area contributed by atoms with Gasteiger partial charge in [-0.1, -0.05) is 35.3 Å². The zero-order chi connectivity index (χ0) is 17.0. The fourth-order valence-corrected chi connectivity index (χ4v) is 2.24. The van der Waals surface area contributed by atoms with Crippen molar-refractivity contribution in [3.05, 3.63) is 68.2 Å². The van der Waals surface area contributed by atoms with Gasteiger partial charge in [0.2, 0.25) is 0 Å². The molecular weight excluding hydrogens is 361 g/mol. The Morgan fingerprint density at radius 1 is 1.13 bits per heavy atom. The van der Waals surface area contributed by atoms with Crippen molar-refractivity contribution in [2.45, 2.75) is 0 Å². The lowest BCUT2D eigenvalue weighted by Gasteiger charge is -2.10. The van der Waals surface area contributed by atoms with E-state index in [-0.39, 0.29) is 16.4 Å². The lowest BCUT2D eigenvalue weighted by molar-refractivity contribution is -0.385.